The third-order valence-electron chi connectivity index (χ3n) is 4.26. The third kappa shape index (κ3) is 6.39. The van der Waals surface area contributed by atoms with Gasteiger partial charge in [-0.2, -0.15) is 13.2 Å². The third-order valence-corrected chi connectivity index (χ3v) is 4.59. The number of rotatable bonds is 7. The molecule has 0 saturated heterocycles. The molecule has 28 heavy (non-hydrogen) atoms. The quantitative estimate of drug-likeness (QED) is 0.580. The Morgan fingerprint density at radius 2 is 1.75 bits per heavy atom. The van der Waals surface area contributed by atoms with Gasteiger partial charge in [0.2, 0.25) is 5.91 Å². The number of hydrogen-bond donors (Lipinski definition) is 1. The lowest BCUT2D eigenvalue weighted by atomic mass is 10.1. The van der Waals surface area contributed by atoms with Crippen molar-refractivity contribution in [3.8, 4) is 0 Å². The molecule has 1 amide bonds. The summed E-state index contributed by atoms with van der Waals surface area (Å²) >= 11 is 5.87. The lowest BCUT2D eigenvalue weighted by Gasteiger charge is -2.18. The molecule has 0 saturated carbocycles. The molecule has 0 fully saturated rings. The predicted molar refractivity (Wildman–Crippen MR) is 107 cm³/mol. The number of anilines is 1. The average molecular weight is 411 g/mol. The Morgan fingerprint density at radius 1 is 1.11 bits per heavy atom. The van der Waals surface area contributed by atoms with E-state index in [9.17, 15) is 18.0 Å². The summed E-state index contributed by atoms with van der Waals surface area (Å²) in [5, 5.41) is 2.64. The molecule has 0 radical (unpaired) electrons. The van der Waals surface area contributed by atoms with Gasteiger partial charge in [0.25, 0.3) is 0 Å². The predicted octanol–water partition coefficient (Wildman–Crippen LogP) is 5.85. The van der Waals surface area contributed by atoms with Crippen LogP contribution in [0.25, 0.3) is 6.08 Å². The highest BCUT2D eigenvalue weighted by Crippen LogP contribution is 2.32. The average Bonchev–Trinajstić information content (AvgIpc) is 2.65. The molecule has 0 heterocycles. The van der Waals surface area contributed by atoms with Crippen LogP contribution in [-0.2, 0) is 17.5 Å². The summed E-state index contributed by atoms with van der Waals surface area (Å²) < 4.78 is 38.0. The number of alkyl halides is 3. The van der Waals surface area contributed by atoms with Gasteiger partial charge in [-0.25, -0.2) is 0 Å². The first-order valence-corrected chi connectivity index (χ1v) is 9.27. The normalized spacial score (nSPS) is 12.0. The standard InChI is InChI=1S/C21H22ClF3N2O/c1-3-27(4-2)14-15-5-10-18(11-6-15)26-20(28)12-8-16-7-9-17(13-19(16)22)21(23,24)25/h5-13H,3-4,14H2,1-2H3,(H,26,28). The molecule has 7 heteroatoms. The highest BCUT2D eigenvalue weighted by atomic mass is 35.5. The van der Waals surface area contributed by atoms with E-state index in [-0.39, 0.29) is 5.02 Å². The lowest BCUT2D eigenvalue weighted by molar-refractivity contribution is -0.137. The van der Waals surface area contributed by atoms with Crippen LogP contribution in [0.4, 0.5) is 18.9 Å². The van der Waals surface area contributed by atoms with E-state index in [2.05, 4.69) is 24.1 Å². The first-order valence-electron chi connectivity index (χ1n) is 8.90. The van der Waals surface area contributed by atoms with Crippen molar-refractivity contribution in [2.24, 2.45) is 0 Å². The second kappa shape index (κ2) is 9.75. The molecule has 2 aromatic carbocycles. The number of hydrogen-bond acceptors (Lipinski definition) is 2. The van der Waals surface area contributed by atoms with Crippen molar-refractivity contribution in [1.29, 1.82) is 0 Å². The van der Waals surface area contributed by atoms with Gasteiger partial charge in [-0.3, -0.25) is 9.69 Å². The zero-order valence-corrected chi connectivity index (χ0v) is 16.4. The van der Waals surface area contributed by atoms with Gasteiger partial charge in [-0.15, -0.1) is 0 Å². The summed E-state index contributed by atoms with van der Waals surface area (Å²) in [6.07, 6.45) is -1.84. The van der Waals surface area contributed by atoms with E-state index in [1.54, 1.807) is 0 Å². The van der Waals surface area contributed by atoms with Crippen LogP contribution in [0, 0.1) is 0 Å². The van der Waals surface area contributed by atoms with E-state index >= 15 is 0 Å². The molecule has 0 unspecified atom stereocenters. The van der Waals surface area contributed by atoms with Crippen LogP contribution in [0.2, 0.25) is 5.02 Å². The Balaban J connectivity index is 1.98. The number of nitrogens with zero attached hydrogens (tertiary/aromatic N) is 1. The Labute approximate surface area is 167 Å². The topological polar surface area (TPSA) is 32.3 Å². The highest BCUT2D eigenvalue weighted by Gasteiger charge is 2.30. The molecule has 1 N–H and O–H groups in total. The maximum absolute atomic E-state index is 12.7. The lowest BCUT2D eigenvalue weighted by Crippen LogP contribution is -2.22. The van der Waals surface area contributed by atoms with Crippen molar-refractivity contribution in [3.63, 3.8) is 0 Å². The molecule has 150 valence electrons. The summed E-state index contributed by atoms with van der Waals surface area (Å²) in [5.74, 6) is -0.396. The van der Waals surface area contributed by atoms with Crippen molar-refractivity contribution in [2.75, 3.05) is 18.4 Å². The molecule has 0 aliphatic heterocycles. The van der Waals surface area contributed by atoms with Crippen molar-refractivity contribution < 1.29 is 18.0 Å². The highest BCUT2D eigenvalue weighted by molar-refractivity contribution is 6.32. The summed E-state index contributed by atoms with van der Waals surface area (Å²) in [7, 11) is 0. The van der Waals surface area contributed by atoms with E-state index in [0.29, 0.717) is 11.3 Å². The summed E-state index contributed by atoms with van der Waals surface area (Å²) in [5.41, 5.74) is 1.29. The first kappa shape index (κ1) is 22.0. The molecule has 0 aliphatic carbocycles. The van der Waals surface area contributed by atoms with Gasteiger partial charge in [0, 0.05) is 23.3 Å². The summed E-state index contributed by atoms with van der Waals surface area (Å²) in [6, 6.07) is 10.5. The molecular weight excluding hydrogens is 389 g/mol. The molecular formula is C21H22ClF3N2O. The largest absolute Gasteiger partial charge is 0.416 e. The van der Waals surface area contributed by atoms with Crippen LogP contribution in [0.1, 0.15) is 30.5 Å². The number of halogens is 4. The summed E-state index contributed by atoms with van der Waals surface area (Å²) in [4.78, 5) is 14.3. The van der Waals surface area contributed by atoms with Crippen molar-refractivity contribution >= 4 is 29.3 Å². The zero-order valence-electron chi connectivity index (χ0n) is 15.7. The number of carbonyl (C=O) groups excluding carboxylic acids is 1. The van der Waals surface area contributed by atoms with E-state index in [1.807, 2.05) is 24.3 Å². The molecule has 0 aliphatic rings. The Morgan fingerprint density at radius 3 is 2.29 bits per heavy atom. The Bertz CT molecular complexity index is 829. The summed E-state index contributed by atoms with van der Waals surface area (Å²) in [6.45, 7) is 6.98. The van der Waals surface area contributed by atoms with Gasteiger partial charge in [-0.05, 0) is 54.6 Å². The molecule has 0 bridgehead atoms. The minimum atomic E-state index is -4.46. The van der Waals surface area contributed by atoms with E-state index in [1.165, 1.54) is 18.2 Å². The van der Waals surface area contributed by atoms with Crippen molar-refractivity contribution in [1.82, 2.24) is 4.90 Å². The fraction of sp³-hybridized carbons (Fsp3) is 0.286. The maximum atomic E-state index is 12.7. The maximum Gasteiger partial charge on any atom is 0.416 e. The minimum Gasteiger partial charge on any atom is -0.323 e. The van der Waals surface area contributed by atoms with Crippen LogP contribution in [0.15, 0.2) is 48.5 Å². The monoisotopic (exact) mass is 410 g/mol. The fourth-order valence-corrected chi connectivity index (χ4v) is 2.83. The molecule has 2 rings (SSSR count). The first-order chi connectivity index (χ1) is 13.2. The zero-order chi connectivity index (χ0) is 20.7. The van der Waals surface area contributed by atoms with Gasteiger partial charge >= 0.3 is 6.18 Å². The van der Waals surface area contributed by atoms with Crippen LogP contribution in [0.5, 0.6) is 0 Å². The van der Waals surface area contributed by atoms with Crippen LogP contribution in [0.3, 0.4) is 0 Å². The fourth-order valence-electron chi connectivity index (χ4n) is 2.59. The van der Waals surface area contributed by atoms with Crippen LogP contribution in [-0.4, -0.2) is 23.9 Å². The van der Waals surface area contributed by atoms with Gasteiger partial charge in [0.05, 0.1) is 5.56 Å². The molecule has 3 nitrogen and oxygen atoms in total. The molecule has 0 atom stereocenters. The SMILES string of the molecule is CCN(CC)Cc1ccc(NC(=O)C=Cc2ccc(C(F)(F)F)cc2Cl)cc1. The Hall–Kier alpha value is -2.31. The van der Waals surface area contributed by atoms with Gasteiger partial charge in [-0.1, -0.05) is 43.6 Å². The van der Waals surface area contributed by atoms with Gasteiger partial charge in [0.15, 0.2) is 0 Å². The number of carbonyl (C=O) groups is 1. The van der Waals surface area contributed by atoms with Gasteiger partial charge in [0.1, 0.15) is 0 Å². The minimum absolute atomic E-state index is 0.0698. The van der Waals surface area contributed by atoms with E-state index < -0.39 is 17.6 Å². The second-order valence-corrected chi connectivity index (χ2v) is 6.62. The van der Waals surface area contributed by atoms with Crippen LogP contribution >= 0.6 is 11.6 Å². The van der Waals surface area contributed by atoms with E-state index in [0.717, 1.165) is 37.3 Å². The number of benzene rings is 2. The smallest absolute Gasteiger partial charge is 0.323 e. The van der Waals surface area contributed by atoms with Crippen LogP contribution < -0.4 is 5.32 Å². The molecule has 0 aromatic heterocycles. The number of nitrogens with one attached hydrogen (secondary N) is 1. The molecule has 2 aromatic rings. The second-order valence-electron chi connectivity index (χ2n) is 6.21. The van der Waals surface area contributed by atoms with E-state index in [4.69, 9.17) is 11.6 Å². The number of amides is 1. The molecule has 0 spiro atoms. The van der Waals surface area contributed by atoms with Gasteiger partial charge < -0.3 is 5.32 Å². The van der Waals surface area contributed by atoms with Crippen molar-refractivity contribution in [2.45, 2.75) is 26.6 Å². The van der Waals surface area contributed by atoms with Crippen molar-refractivity contribution in [3.05, 3.63) is 70.3 Å². The Kier molecular flexibility index (Phi) is 7.66.